The Hall–Kier alpha value is -1.05. The van der Waals surface area contributed by atoms with Crippen LogP contribution in [-0.4, -0.2) is 37.5 Å². The molecule has 19 heavy (non-hydrogen) atoms. The number of nitrogens with zero attached hydrogens (tertiary/aromatic N) is 1. The van der Waals surface area contributed by atoms with Crippen LogP contribution >= 0.6 is 0 Å². The van der Waals surface area contributed by atoms with Gasteiger partial charge in [-0.3, -0.25) is 0 Å². The first-order chi connectivity index (χ1) is 8.82. The maximum atomic E-state index is 13.1. The van der Waals surface area contributed by atoms with Crippen LogP contribution in [0.4, 0.5) is 8.78 Å². The van der Waals surface area contributed by atoms with Crippen molar-refractivity contribution in [1.82, 2.24) is 4.31 Å². The highest BCUT2D eigenvalue weighted by molar-refractivity contribution is 7.89. The minimum absolute atomic E-state index is 0.0496. The number of benzene rings is 1. The Morgan fingerprint density at radius 1 is 1.37 bits per heavy atom. The molecule has 1 aromatic carbocycles. The summed E-state index contributed by atoms with van der Waals surface area (Å²) in [6.45, 7) is -0.0496. The van der Waals surface area contributed by atoms with Crippen LogP contribution in [0, 0.1) is 17.6 Å². The quantitative estimate of drug-likeness (QED) is 0.891. The molecule has 7 heteroatoms. The number of aliphatic hydroxyl groups excluding tert-OH is 1. The first-order valence-corrected chi connectivity index (χ1v) is 7.36. The number of likely N-dealkylation sites (N-methyl/N-ethyl adjacent to an activating group) is 1. The van der Waals surface area contributed by atoms with E-state index in [1.54, 1.807) is 0 Å². The molecule has 1 N–H and O–H groups in total. The summed E-state index contributed by atoms with van der Waals surface area (Å²) in [5.74, 6) is -2.17. The van der Waals surface area contributed by atoms with Crippen LogP contribution in [-0.2, 0) is 10.0 Å². The van der Waals surface area contributed by atoms with Gasteiger partial charge in [-0.1, -0.05) is 0 Å². The molecule has 1 aliphatic rings. The van der Waals surface area contributed by atoms with Crippen LogP contribution in [0.3, 0.4) is 0 Å². The molecule has 1 aliphatic carbocycles. The Morgan fingerprint density at radius 3 is 2.53 bits per heavy atom. The molecule has 4 nitrogen and oxygen atoms in total. The van der Waals surface area contributed by atoms with Crippen molar-refractivity contribution in [2.75, 3.05) is 13.6 Å². The number of halogens is 2. The Bertz CT molecular complexity index is 572. The van der Waals surface area contributed by atoms with Crippen molar-refractivity contribution in [3.05, 3.63) is 29.8 Å². The summed E-state index contributed by atoms with van der Waals surface area (Å²) in [6.07, 6.45) is 1.06. The number of hydrogen-bond donors (Lipinski definition) is 1. The molecule has 1 unspecified atom stereocenters. The zero-order valence-corrected chi connectivity index (χ0v) is 11.2. The molecule has 106 valence electrons. The molecule has 0 aromatic heterocycles. The Balaban J connectivity index is 2.17. The highest BCUT2D eigenvalue weighted by atomic mass is 32.2. The number of sulfonamides is 1. The van der Waals surface area contributed by atoms with Gasteiger partial charge in [-0.2, -0.15) is 4.31 Å². The van der Waals surface area contributed by atoms with Gasteiger partial charge in [-0.25, -0.2) is 17.2 Å². The molecular formula is C12H15F2NO3S. The predicted octanol–water partition coefficient (Wildman–Crippen LogP) is 1.36. The monoisotopic (exact) mass is 291 g/mol. The van der Waals surface area contributed by atoms with Crippen LogP contribution in [0.2, 0.25) is 0 Å². The lowest BCUT2D eigenvalue weighted by molar-refractivity contribution is 0.131. The van der Waals surface area contributed by atoms with Gasteiger partial charge in [0.25, 0.3) is 0 Å². The van der Waals surface area contributed by atoms with Gasteiger partial charge in [0.1, 0.15) is 0 Å². The lowest BCUT2D eigenvalue weighted by atomic mass is 10.2. The fourth-order valence-electron chi connectivity index (χ4n) is 1.81. The van der Waals surface area contributed by atoms with Crippen molar-refractivity contribution in [3.8, 4) is 0 Å². The average molecular weight is 291 g/mol. The first kappa shape index (κ1) is 14.4. The molecule has 0 radical (unpaired) electrons. The molecule has 1 fully saturated rings. The molecule has 2 rings (SSSR count). The second-order valence-electron chi connectivity index (χ2n) is 4.77. The molecule has 0 bridgehead atoms. The fraction of sp³-hybridized carbons (Fsp3) is 0.500. The molecule has 1 aromatic rings. The van der Waals surface area contributed by atoms with Crippen molar-refractivity contribution in [3.63, 3.8) is 0 Å². The Labute approximate surface area is 110 Å². The summed E-state index contributed by atoms with van der Waals surface area (Å²) >= 11 is 0. The molecular weight excluding hydrogens is 276 g/mol. The zero-order chi connectivity index (χ0) is 14.2. The summed E-state index contributed by atoms with van der Waals surface area (Å²) in [5.41, 5.74) is 0. The van der Waals surface area contributed by atoms with E-state index in [2.05, 4.69) is 0 Å². The molecule has 1 atom stereocenters. The number of aliphatic hydroxyl groups is 1. The largest absolute Gasteiger partial charge is 0.391 e. The summed E-state index contributed by atoms with van der Waals surface area (Å²) in [5, 5.41) is 9.73. The van der Waals surface area contributed by atoms with Crippen LogP contribution < -0.4 is 0 Å². The maximum absolute atomic E-state index is 13.1. The van der Waals surface area contributed by atoms with Crippen LogP contribution in [0.25, 0.3) is 0 Å². The minimum Gasteiger partial charge on any atom is -0.391 e. The summed E-state index contributed by atoms with van der Waals surface area (Å²) in [7, 11) is -2.60. The van der Waals surface area contributed by atoms with E-state index in [9.17, 15) is 22.3 Å². The topological polar surface area (TPSA) is 57.6 Å². The van der Waals surface area contributed by atoms with Gasteiger partial charge >= 0.3 is 0 Å². The maximum Gasteiger partial charge on any atom is 0.243 e. The van der Waals surface area contributed by atoms with E-state index in [1.807, 2.05) is 0 Å². The van der Waals surface area contributed by atoms with Gasteiger partial charge in [0.15, 0.2) is 11.6 Å². The average Bonchev–Trinajstić information content (AvgIpc) is 3.16. The first-order valence-electron chi connectivity index (χ1n) is 5.92. The Kier molecular flexibility index (Phi) is 3.89. The SMILES string of the molecule is CN(CC(O)C1CC1)S(=O)(=O)c1ccc(F)c(F)c1. The predicted molar refractivity (Wildman–Crippen MR) is 64.9 cm³/mol. The van der Waals surface area contributed by atoms with Gasteiger partial charge in [0.05, 0.1) is 11.0 Å². The summed E-state index contributed by atoms with van der Waals surface area (Å²) in [6, 6.07) is 2.42. The third-order valence-corrected chi connectivity index (χ3v) is 5.03. The highest BCUT2D eigenvalue weighted by Gasteiger charge is 2.33. The number of rotatable bonds is 5. The minimum atomic E-state index is -3.91. The third-order valence-electron chi connectivity index (χ3n) is 3.21. The van der Waals surface area contributed by atoms with E-state index in [1.165, 1.54) is 7.05 Å². The fourth-order valence-corrected chi connectivity index (χ4v) is 3.01. The smallest absolute Gasteiger partial charge is 0.243 e. The lowest BCUT2D eigenvalue weighted by Gasteiger charge is -2.20. The van der Waals surface area contributed by atoms with Crippen molar-refractivity contribution in [2.24, 2.45) is 5.92 Å². The summed E-state index contributed by atoms with van der Waals surface area (Å²) in [4.78, 5) is -0.322. The molecule has 0 aliphatic heterocycles. The van der Waals surface area contributed by atoms with Crippen molar-refractivity contribution in [1.29, 1.82) is 0 Å². The van der Waals surface area contributed by atoms with E-state index in [0.29, 0.717) is 6.07 Å². The van der Waals surface area contributed by atoms with E-state index in [4.69, 9.17) is 0 Å². The van der Waals surface area contributed by atoms with E-state index < -0.39 is 27.8 Å². The molecule has 0 amide bonds. The van der Waals surface area contributed by atoms with Gasteiger partial charge < -0.3 is 5.11 Å². The highest BCUT2D eigenvalue weighted by Crippen LogP contribution is 2.33. The molecule has 1 saturated carbocycles. The second-order valence-corrected chi connectivity index (χ2v) is 6.81. The van der Waals surface area contributed by atoms with Gasteiger partial charge in [-0.05, 0) is 37.0 Å². The Morgan fingerprint density at radius 2 is 2.00 bits per heavy atom. The second kappa shape index (κ2) is 5.15. The van der Waals surface area contributed by atoms with E-state index in [0.717, 1.165) is 29.3 Å². The van der Waals surface area contributed by atoms with Crippen molar-refractivity contribution in [2.45, 2.75) is 23.8 Å². The van der Waals surface area contributed by atoms with Crippen LogP contribution in [0.1, 0.15) is 12.8 Å². The van der Waals surface area contributed by atoms with E-state index >= 15 is 0 Å². The van der Waals surface area contributed by atoms with Crippen molar-refractivity contribution >= 4 is 10.0 Å². The normalized spacial score (nSPS) is 17.7. The standard InChI is InChI=1S/C12H15F2NO3S/c1-15(7-12(16)8-2-3-8)19(17,18)9-4-5-10(13)11(14)6-9/h4-6,8,12,16H,2-3,7H2,1H3. The molecule has 0 saturated heterocycles. The lowest BCUT2D eigenvalue weighted by Crippen LogP contribution is -2.35. The molecule has 0 spiro atoms. The zero-order valence-electron chi connectivity index (χ0n) is 10.4. The van der Waals surface area contributed by atoms with Gasteiger partial charge in [0, 0.05) is 13.6 Å². The summed E-state index contributed by atoms with van der Waals surface area (Å²) < 4.78 is 51.0. The van der Waals surface area contributed by atoms with Gasteiger partial charge in [-0.15, -0.1) is 0 Å². The number of hydrogen-bond acceptors (Lipinski definition) is 3. The van der Waals surface area contributed by atoms with Crippen LogP contribution in [0.15, 0.2) is 23.1 Å². The van der Waals surface area contributed by atoms with Crippen LogP contribution in [0.5, 0.6) is 0 Å². The molecule has 0 heterocycles. The van der Waals surface area contributed by atoms with Crippen molar-refractivity contribution < 1.29 is 22.3 Å². The van der Waals surface area contributed by atoms with E-state index in [-0.39, 0.29) is 17.4 Å². The van der Waals surface area contributed by atoms with Gasteiger partial charge in [0.2, 0.25) is 10.0 Å². The third kappa shape index (κ3) is 3.10.